The van der Waals surface area contributed by atoms with Gasteiger partial charge in [0, 0.05) is 29.2 Å². The minimum absolute atomic E-state index is 0.161. The van der Waals surface area contributed by atoms with Gasteiger partial charge in [0.05, 0.1) is 0 Å². The smallest absolute Gasteiger partial charge is 0.220 e. The van der Waals surface area contributed by atoms with E-state index in [2.05, 4.69) is 26.6 Å². The van der Waals surface area contributed by atoms with Crippen molar-refractivity contribution in [2.75, 3.05) is 11.9 Å². The van der Waals surface area contributed by atoms with Crippen LogP contribution in [0.25, 0.3) is 0 Å². The van der Waals surface area contributed by atoms with E-state index in [4.69, 9.17) is 0 Å². The highest BCUT2D eigenvalue weighted by molar-refractivity contribution is 9.10. The van der Waals surface area contributed by atoms with E-state index >= 15 is 0 Å². The molecule has 15 heavy (non-hydrogen) atoms. The van der Waals surface area contributed by atoms with Crippen molar-refractivity contribution in [2.45, 2.75) is 18.9 Å². The summed E-state index contributed by atoms with van der Waals surface area (Å²) < 4.78 is 1.05. The summed E-state index contributed by atoms with van der Waals surface area (Å²) in [5.41, 5.74) is 1.07. The molecular formula is C11H13BrN2O. The van der Waals surface area contributed by atoms with Crippen molar-refractivity contribution in [3.63, 3.8) is 0 Å². The zero-order chi connectivity index (χ0) is 10.7. The monoisotopic (exact) mass is 268 g/mol. The minimum Gasteiger partial charge on any atom is -0.382 e. The number of para-hydroxylation sites is 1. The molecule has 1 aromatic carbocycles. The fourth-order valence-corrected chi connectivity index (χ4v) is 2.09. The Morgan fingerprint density at radius 2 is 2.27 bits per heavy atom. The zero-order valence-corrected chi connectivity index (χ0v) is 9.88. The molecule has 0 bridgehead atoms. The van der Waals surface area contributed by atoms with Gasteiger partial charge in [-0.3, -0.25) is 4.79 Å². The highest BCUT2D eigenvalue weighted by atomic mass is 79.9. The second-order valence-electron chi connectivity index (χ2n) is 3.66. The van der Waals surface area contributed by atoms with Crippen LogP contribution in [-0.4, -0.2) is 18.5 Å². The van der Waals surface area contributed by atoms with E-state index in [0.717, 1.165) is 23.1 Å². The number of rotatable bonds is 3. The van der Waals surface area contributed by atoms with Gasteiger partial charge in [0.15, 0.2) is 0 Å². The van der Waals surface area contributed by atoms with E-state index in [1.807, 2.05) is 24.3 Å². The summed E-state index contributed by atoms with van der Waals surface area (Å²) in [6.07, 6.45) is 1.58. The molecule has 0 aromatic heterocycles. The van der Waals surface area contributed by atoms with Crippen LogP contribution in [0.2, 0.25) is 0 Å². The van der Waals surface area contributed by atoms with Gasteiger partial charge >= 0.3 is 0 Å². The summed E-state index contributed by atoms with van der Waals surface area (Å²) in [5, 5.41) is 6.24. The summed E-state index contributed by atoms with van der Waals surface area (Å²) >= 11 is 3.47. The van der Waals surface area contributed by atoms with Crippen LogP contribution >= 0.6 is 15.9 Å². The molecule has 2 N–H and O–H groups in total. The number of benzene rings is 1. The molecule has 1 amide bonds. The van der Waals surface area contributed by atoms with Gasteiger partial charge in [0.1, 0.15) is 0 Å². The molecule has 1 fully saturated rings. The number of amides is 1. The SMILES string of the molecule is O=C1CCC(CNc2ccccc2Br)N1. The molecule has 0 aliphatic carbocycles. The summed E-state index contributed by atoms with van der Waals surface area (Å²) in [6.45, 7) is 0.786. The summed E-state index contributed by atoms with van der Waals surface area (Å²) in [7, 11) is 0. The van der Waals surface area contributed by atoms with E-state index in [1.165, 1.54) is 0 Å². The Balaban J connectivity index is 1.88. The number of hydrogen-bond donors (Lipinski definition) is 2. The Hall–Kier alpha value is -1.03. The summed E-state index contributed by atoms with van der Waals surface area (Å²) in [4.78, 5) is 11.0. The average molecular weight is 269 g/mol. The van der Waals surface area contributed by atoms with Gasteiger partial charge in [-0.1, -0.05) is 12.1 Å². The van der Waals surface area contributed by atoms with Crippen molar-refractivity contribution in [3.8, 4) is 0 Å². The second-order valence-corrected chi connectivity index (χ2v) is 4.52. The zero-order valence-electron chi connectivity index (χ0n) is 8.29. The lowest BCUT2D eigenvalue weighted by Crippen LogP contribution is -2.31. The first-order chi connectivity index (χ1) is 7.25. The fourth-order valence-electron chi connectivity index (χ4n) is 1.67. The Labute approximate surface area is 97.4 Å². The van der Waals surface area contributed by atoms with E-state index < -0.39 is 0 Å². The van der Waals surface area contributed by atoms with Gasteiger partial charge < -0.3 is 10.6 Å². The number of halogens is 1. The third kappa shape index (κ3) is 2.72. The van der Waals surface area contributed by atoms with E-state index in [9.17, 15) is 4.79 Å². The first-order valence-electron chi connectivity index (χ1n) is 5.03. The van der Waals surface area contributed by atoms with Crippen LogP contribution in [0.5, 0.6) is 0 Å². The van der Waals surface area contributed by atoms with Gasteiger partial charge in [0.25, 0.3) is 0 Å². The third-order valence-electron chi connectivity index (χ3n) is 2.50. The van der Waals surface area contributed by atoms with E-state index in [-0.39, 0.29) is 11.9 Å². The molecule has 4 heteroatoms. The molecule has 1 aliphatic heterocycles. The maximum atomic E-state index is 11.0. The lowest BCUT2D eigenvalue weighted by molar-refractivity contribution is -0.119. The van der Waals surface area contributed by atoms with Crippen LogP contribution < -0.4 is 10.6 Å². The quantitative estimate of drug-likeness (QED) is 0.882. The third-order valence-corrected chi connectivity index (χ3v) is 3.19. The molecule has 1 heterocycles. The number of hydrogen-bond acceptors (Lipinski definition) is 2. The van der Waals surface area contributed by atoms with Gasteiger partial charge in [-0.2, -0.15) is 0 Å². The van der Waals surface area contributed by atoms with Crippen molar-refractivity contribution in [1.82, 2.24) is 5.32 Å². The van der Waals surface area contributed by atoms with Crippen molar-refractivity contribution in [1.29, 1.82) is 0 Å². The molecular weight excluding hydrogens is 256 g/mol. The van der Waals surface area contributed by atoms with E-state index in [0.29, 0.717) is 6.42 Å². The molecule has 0 saturated carbocycles. The average Bonchev–Trinajstić information content (AvgIpc) is 2.63. The Bertz CT molecular complexity index is 367. The first-order valence-corrected chi connectivity index (χ1v) is 5.83. The number of carbonyl (C=O) groups is 1. The Morgan fingerprint density at radius 1 is 1.47 bits per heavy atom. The molecule has 1 unspecified atom stereocenters. The molecule has 1 aromatic rings. The van der Waals surface area contributed by atoms with Crippen molar-refractivity contribution >= 4 is 27.5 Å². The molecule has 2 rings (SSSR count). The molecule has 1 saturated heterocycles. The molecule has 1 aliphatic rings. The van der Waals surface area contributed by atoms with Crippen LogP contribution in [0.15, 0.2) is 28.7 Å². The van der Waals surface area contributed by atoms with Gasteiger partial charge in [-0.25, -0.2) is 0 Å². The normalized spacial score (nSPS) is 20.1. The Morgan fingerprint density at radius 3 is 2.93 bits per heavy atom. The maximum Gasteiger partial charge on any atom is 0.220 e. The largest absolute Gasteiger partial charge is 0.382 e. The lowest BCUT2D eigenvalue weighted by Gasteiger charge is -2.13. The maximum absolute atomic E-state index is 11.0. The number of nitrogens with one attached hydrogen (secondary N) is 2. The summed E-state index contributed by atoms with van der Waals surface area (Å²) in [6, 6.07) is 8.24. The predicted molar refractivity (Wildman–Crippen MR) is 63.8 cm³/mol. The molecule has 1 atom stereocenters. The van der Waals surface area contributed by atoms with Crippen LogP contribution in [-0.2, 0) is 4.79 Å². The van der Waals surface area contributed by atoms with Gasteiger partial charge in [0.2, 0.25) is 5.91 Å². The highest BCUT2D eigenvalue weighted by Gasteiger charge is 2.20. The molecule has 3 nitrogen and oxygen atoms in total. The minimum atomic E-state index is 0.161. The van der Waals surface area contributed by atoms with Crippen molar-refractivity contribution < 1.29 is 4.79 Å². The molecule has 80 valence electrons. The first kappa shape index (κ1) is 10.5. The van der Waals surface area contributed by atoms with Crippen molar-refractivity contribution in [3.05, 3.63) is 28.7 Å². The topological polar surface area (TPSA) is 41.1 Å². The predicted octanol–water partition coefficient (Wildman–Crippen LogP) is 2.14. The van der Waals surface area contributed by atoms with E-state index in [1.54, 1.807) is 0 Å². The fraction of sp³-hybridized carbons (Fsp3) is 0.364. The Kier molecular flexibility index (Phi) is 3.26. The van der Waals surface area contributed by atoms with Gasteiger partial charge in [-0.15, -0.1) is 0 Å². The van der Waals surface area contributed by atoms with Gasteiger partial charge in [-0.05, 0) is 34.5 Å². The number of carbonyl (C=O) groups excluding carboxylic acids is 1. The summed E-state index contributed by atoms with van der Waals surface area (Å²) in [5.74, 6) is 0.161. The van der Waals surface area contributed by atoms with Crippen molar-refractivity contribution in [2.24, 2.45) is 0 Å². The second kappa shape index (κ2) is 4.66. The highest BCUT2D eigenvalue weighted by Crippen LogP contribution is 2.21. The number of anilines is 1. The standard InChI is InChI=1S/C11H13BrN2O/c12-9-3-1-2-4-10(9)13-7-8-5-6-11(15)14-8/h1-4,8,13H,5-7H2,(H,14,15). The van der Waals surface area contributed by atoms with Crippen LogP contribution in [0.3, 0.4) is 0 Å². The van der Waals surface area contributed by atoms with Crippen LogP contribution in [0.4, 0.5) is 5.69 Å². The van der Waals surface area contributed by atoms with Crippen LogP contribution in [0.1, 0.15) is 12.8 Å². The lowest BCUT2D eigenvalue weighted by atomic mass is 10.2. The van der Waals surface area contributed by atoms with Crippen LogP contribution in [0, 0.1) is 0 Å². The molecule has 0 radical (unpaired) electrons. The molecule has 0 spiro atoms.